The van der Waals surface area contributed by atoms with Crippen molar-refractivity contribution >= 4 is 0 Å². The van der Waals surface area contributed by atoms with Crippen molar-refractivity contribution in [3.05, 3.63) is 0 Å². The van der Waals surface area contributed by atoms with Crippen LogP contribution in [0.15, 0.2) is 0 Å². The summed E-state index contributed by atoms with van der Waals surface area (Å²) in [6, 6.07) is 0. The van der Waals surface area contributed by atoms with E-state index in [2.05, 4.69) is 20.8 Å². The summed E-state index contributed by atoms with van der Waals surface area (Å²) in [7, 11) is 0. The molecule has 5 atom stereocenters. The average Bonchev–Trinajstić information content (AvgIpc) is 2.28. The Bertz CT molecular complexity index is 206. The zero-order valence-corrected chi connectivity index (χ0v) is 11.5. The minimum atomic E-state index is 1.02. The van der Waals surface area contributed by atoms with Gasteiger partial charge in [0.15, 0.2) is 0 Å². The summed E-state index contributed by atoms with van der Waals surface area (Å²) in [4.78, 5) is 0. The molecular formula is C16H30. The Morgan fingerprint density at radius 1 is 1.00 bits per heavy atom. The first-order valence-electron chi connectivity index (χ1n) is 7.72. The fourth-order valence-electron chi connectivity index (χ4n) is 4.47. The summed E-state index contributed by atoms with van der Waals surface area (Å²) in [5.41, 5.74) is 0. The van der Waals surface area contributed by atoms with E-state index in [1.807, 2.05) is 0 Å². The number of hydrogen-bond acceptors (Lipinski definition) is 0. The molecule has 0 aliphatic heterocycles. The van der Waals surface area contributed by atoms with Crippen LogP contribution in [-0.4, -0.2) is 0 Å². The molecule has 0 aromatic carbocycles. The molecule has 0 nitrogen and oxygen atoms in total. The van der Waals surface area contributed by atoms with E-state index >= 15 is 0 Å². The second kappa shape index (κ2) is 5.56. The van der Waals surface area contributed by atoms with Gasteiger partial charge in [-0.1, -0.05) is 46.5 Å². The first-order valence-corrected chi connectivity index (χ1v) is 7.72. The molecule has 2 rings (SSSR count). The minimum absolute atomic E-state index is 1.02. The molecule has 2 fully saturated rings. The molecular weight excluding hydrogens is 192 g/mol. The van der Waals surface area contributed by atoms with Crippen LogP contribution in [0.1, 0.15) is 72.1 Å². The van der Waals surface area contributed by atoms with Gasteiger partial charge in [-0.3, -0.25) is 0 Å². The standard InChI is InChI=1S/C16H30/c1-4-5-6-15-13(3)8-9-14-11-12(2)7-10-16(14)15/h12-16H,4-11H2,1-3H3. The molecule has 0 radical (unpaired) electrons. The van der Waals surface area contributed by atoms with Crippen LogP contribution in [0.25, 0.3) is 0 Å². The normalized spacial score (nSPS) is 44.1. The van der Waals surface area contributed by atoms with Gasteiger partial charge in [0.1, 0.15) is 0 Å². The lowest BCUT2D eigenvalue weighted by atomic mass is 9.59. The molecule has 0 N–H and O–H groups in total. The highest BCUT2D eigenvalue weighted by Gasteiger charge is 2.39. The van der Waals surface area contributed by atoms with Crippen LogP contribution in [0.4, 0.5) is 0 Å². The summed E-state index contributed by atoms with van der Waals surface area (Å²) in [5.74, 6) is 5.31. The van der Waals surface area contributed by atoms with Crippen molar-refractivity contribution in [1.29, 1.82) is 0 Å². The van der Waals surface area contributed by atoms with Gasteiger partial charge in [-0.25, -0.2) is 0 Å². The van der Waals surface area contributed by atoms with Gasteiger partial charge in [0, 0.05) is 0 Å². The Hall–Kier alpha value is 0. The molecule has 0 amide bonds. The van der Waals surface area contributed by atoms with Crippen molar-refractivity contribution in [2.24, 2.45) is 29.6 Å². The third-order valence-corrected chi connectivity index (χ3v) is 5.47. The van der Waals surface area contributed by atoms with E-state index in [1.54, 1.807) is 19.3 Å². The lowest BCUT2D eigenvalue weighted by Gasteiger charge is -2.46. The number of unbranched alkanes of at least 4 members (excludes halogenated alkanes) is 1. The molecule has 0 heterocycles. The molecule has 94 valence electrons. The molecule has 0 aromatic rings. The topological polar surface area (TPSA) is 0 Å². The second-order valence-corrected chi connectivity index (χ2v) is 6.70. The van der Waals surface area contributed by atoms with Crippen LogP contribution in [0.2, 0.25) is 0 Å². The van der Waals surface area contributed by atoms with Gasteiger partial charge in [0.25, 0.3) is 0 Å². The first-order chi connectivity index (χ1) is 7.72. The Morgan fingerprint density at radius 3 is 2.56 bits per heavy atom. The predicted octanol–water partition coefficient (Wildman–Crippen LogP) is 5.28. The summed E-state index contributed by atoms with van der Waals surface area (Å²) in [6.07, 6.45) is 12.0. The maximum absolute atomic E-state index is 2.52. The van der Waals surface area contributed by atoms with Gasteiger partial charge >= 0.3 is 0 Å². The van der Waals surface area contributed by atoms with Crippen LogP contribution in [0, 0.1) is 29.6 Å². The quantitative estimate of drug-likeness (QED) is 0.610. The Labute approximate surface area is 102 Å². The summed E-state index contributed by atoms with van der Waals surface area (Å²) in [6.45, 7) is 7.33. The highest BCUT2D eigenvalue weighted by Crippen LogP contribution is 2.49. The summed E-state index contributed by atoms with van der Waals surface area (Å²) in [5, 5.41) is 0. The molecule has 5 unspecified atom stereocenters. The third kappa shape index (κ3) is 2.63. The van der Waals surface area contributed by atoms with Crippen molar-refractivity contribution in [3.8, 4) is 0 Å². The minimum Gasteiger partial charge on any atom is -0.0654 e. The molecule has 2 saturated carbocycles. The molecule has 16 heavy (non-hydrogen) atoms. The zero-order valence-electron chi connectivity index (χ0n) is 11.5. The summed E-state index contributed by atoms with van der Waals surface area (Å²) < 4.78 is 0. The van der Waals surface area contributed by atoms with E-state index < -0.39 is 0 Å². The number of fused-ring (bicyclic) bond motifs is 1. The molecule has 2 aliphatic rings. The Morgan fingerprint density at radius 2 is 1.81 bits per heavy atom. The molecule has 0 heteroatoms. The molecule has 0 spiro atoms. The van der Waals surface area contributed by atoms with Gasteiger partial charge in [-0.2, -0.15) is 0 Å². The maximum atomic E-state index is 2.52. The van der Waals surface area contributed by atoms with E-state index in [4.69, 9.17) is 0 Å². The van der Waals surface area contributed by atoms with Gasteiger partial charge in [0.2, 0.25) is 0 Å². The van der Waals surface area contributed by atoms with E-state index in [-0.39, 0.29) is 0 Å². The van der Waals surface area contributed by atoms with Crippen LogP contribution in [0.5, 0.6) is 0 Å². The molecule has 2 aliphatic carbocycles. The number of rotatable bonds is 3. The Kier molecular flexibility index (Phi) is 4.33. The predicted molar refractivity (Wildman–Crippen MR) is 71.4 cm³/mol. The third-order valence-electron chi connectivity index (χ3n) is 5.47. The van der Waals surface area contributed by atoms with E-state index in [9.17, 15) is 0 Å². The van der Waals surface area contributed by atoms with E-state index in [1.165, 1.54) is 32.1 Å². The molecule has 0 bridgehead atoms. The lowest BCUT2D eigenvalue weighted by molar-refractivity contribution is 0.0383. The molecule has 0 aromatic heterocycles. The van der Waals surface area contributed by atoms with Crippen molar-refractivity contribution in [2.45, 2.75) is 72.1 Å². The lowest BCUT2D eigenvalue weighted by Crippen LogP contribution is -2.37. The van der Waals surface area contributed by atoms with Crippen molar-refractivity contribution < 1.29 is 0 Å². The maximum Gasteiger partial charge on any atom is -0.0355 e. The van der Waals surface area contributed by atoms with Crippen LogP contribution >= 0.6 is 0 Å². The van der Waals surface area contributed by atoms with Gasteiger partial charge in [-0.05, 0) is 55.3 Å². The van der Waals surface area contributed by atoms with E-state index in [0.29, 0.717) is 0 Å². The smallest absolute Gasteiger partial charge is 0.0355 e. The van der Waals surface area contributed by atoms with Crippen LogP contribution < -0.4 is 0 Å². The monoisotopic (exact) mass is 222 g/mol. The summed E-state index contributed by atoms with van der Waals surface area (Å²) >= 11 is 0. The van der Waals surface area contributed by atoms with Gasteiger partial charge in [-0.15, -0.1) is 0 Å². The average molecular weight is 222 g/mol. The largest absolute Gasteiger partial charge is 0.0654 e. The molecule has 0 saturated heterocycles. The van der Waals surface area contributed by atoms with E-state index in [0.717, 1.165) is 29.6 Å². The van der Waals surface area contributed by atoms with Gasteiger partial charge in [0.05, 0.1) is 0 Å². The fourth-order valence-corrected chi connectivity index (χ4v) is 4.47. The van der Waals surface area contributed by atoms with Crippen molar-refractivity contribution in [3.63, 3.8) is 0 Å². The zero-order chi connectivity index (χ0) is 11.5. The van der Waals surface area contributed by atoms with Crippen molar-refractivity contribution in [1.82, 2.24) is 0 Å². The highest BCUT2D eigenvalue weighted by atomic mass is 14.4. The second-order valence-electron chi connectivity index (χ2n) is 6.70. The van der Waals surface area contributed by atoms with Crippen LogP contribution in [0.3, 0.4) is 0 Å². The van der Waals surface area contributed by atoms with Crippen molar-refractivity contribution in [2.75, 3.05) is 0 Å². The number of hydrogen-bond donors (Lipinski definition) is 0. The fraction of sp³-hybridized carbons (Fsp3) is 1.00. The first kappa shape index (κ1) is 12.5. The SMILES string of the molecule is CCCCC1C(C)CCC2CC(C)CCC21. The highest BCUT2D eigenvalue weighted by molar-refractivity contribution is 4.89. The van der Waals surface area contributed by atoms with Gasteiger partial charge < -0.3 is 0 Å². The Balaban J connectivity index is 1.97. The van der Waals surface area contributed by atoms with Crippen LogP contribution in [-0.2, 0) is 0 Å².